The van der Waals surface area contributed by atoms with Gasteiger partial charge in [-0.1, -0.05) is 11.6 Å². The summed E-state index contributed by atoms with van der Waals surface area (Å²) < 4.78 is 11.6. The number of fused-ring (bicyclic) bond motifs is 2. The standard InChI is InChI=1S/C14H7Cl3N2O2S/c1-5-2-8-7(3-6(5)15)18-9(20-8)4-10-19-11-12(22-10)14(17)21-13(11)16/h2-4,18H,1H3/b9-4-. The van der Waals surface area contributed by atoms with Gasteiger partial charge >= 0.3 is 0 Å². The Morgan fingerprint density at radius 3 is 2.82 bits per heavy atom. The van der Waals surface area contributed by atoms with Crippen LogP contribution in [0.3, 0.4) is 0 Å². The van der Waals surface area contributed by atoms with Crippen LogP contribution in [0.25, 0.3) is 16.3 Å². The minimum atomic E-state index is 0.187. The molecule has 2 aromatic heterocycles. The number of halogens is 3. The van der Waals surface area contributed by atoms with Crippen molar-refractivity contribution >= 4 is 68.1 Å². The van der Waals surface area contributed by atoms with Gasteiger partial charge in [-0.15, -0.1) is 11.3 Å². The van der Waals surface area contributed by atoms with Crippen molar-refractivity contribution in [2.24, 2.45) is 0 Å². The number of hydrogen-bond donors (Lipinski definition) is 1. The third-order valence-corrected chi connectivity index (χ3v) is 5.22. The Morgan fingerprint density at radius 2 is 2.05 bits per heavy atom. The van der Waals surface area contributed by atoms with Crippen LogP contribution in [0.1, 0.15) is 10.6 Å². The van der Waals surface area contributed by atoms with Crippen molar-refractivity contribution in [1.82, 2.24) is 4.98 Å². The van der Waals surface area contributed by atoms with Crippen molar-refractivity contribution in [3.05, 3.63) is 44.0 Å². The second kappa shape index (κ2) is 5.06. The van der Waals surface area contributed by atoms with Crippen molar-refractivity contribution in [2.45, 2.75) is 6.92 Å². The number of thiazole rings is 1. The zero-order valence-corrected chi connectivity index (χ0v) is 14.1. The smallest absolute Gasteiger partial charge is 0.222 e. The van der Waals surface area contributed by atoms with E-state index in [9.17, 15) is 0 Å². The van der Waals surface area contributed by atoms with E-state index in [-0.39, 0.29) is 10.4 Å². The first kappa shape index (κ1) is 14.2. The van der Waals surface area contributed by atoms with Crippen molar-refractivity contribution in [1.29, 1.82) is 0 Å². The summed E-state index contributed by atoms with van der Waals surface area (Å²) >= 11 is 19.4. The monoisotopic (exact) mass is 372 g/mol. The number of benzene rings is 1. The van der Waals surface area contributed by atoms with E-state index < -0.39 is 0 Å². The summed E-state index contributed by atoms with van der Waals surface area (Å²) in [5.74, 6) is 1.30. The van der Waals surface area contributed by atoms with Gasteiger partial charge in [0.2, 0.25) is 16.3 Å². The topological polar surface area (TPSA) is 47.3 Å². The maximum atomic E-state index is 6.11. The highest BCUT2D eigenvalue weighted by Gasteiger charge is 2.20. The molecule has 22 heavy (non-hydrogen) atoms. The van der Waals surface area contributed by atoms with Crippen molar-refractivity contribution in [3.63, 3.8) is 0 Å². The van der Waals surface area contributed by atoms with E-state index >= 15 is 0 Å². The summed E-state index contributed by atoms with van der Waals surface area (Å²) in [4.78, 5) is 4.38. The number of anilines is 1. The van der Waals surface area contributed by atoms with Gasteiger partial charge in [0.25, 0.3) is 0 Å². The van der Waals surface area contributed by atoms with Crippen molar-refractivity contribution < 1.29 is 9.15 Å². The zero-order valence-electron chi connectivity index (χ0n) is 11.0. The fourth-order valence-electron chi connectivity index (χ4n) is 2.13. The van der Waals surface area contributed by atoms with Crippen molar-refractivity contribution in [3.8, 4) is 5.75 Å². The van der Waals surface area contributed by atoms with Gasteiger partial charge in [-0.25, -0.2) is 4.98 Å². The second-order valence-corrected chi connectivity index (χ2v) is 6.84. The highest BCUT2D eigenvalue weighted by atomic mass is 35.5. The number of nitrogens with one attached hydrogen (secondary N) is 1. The lowest BCUT2D eigenvalue weighted by molar-refractivity contribution is 0.462. The van der Waals surface area contributed by atoms with Crippen molar-refractivity contribution in [2.75, 3.05) is 5.32 Å². The molecule has 1 aliphatic heterocycles. The van der Waals surface area contributed by atoms with Crippen LogP contribution in [-0.4, -0.2) is 4.98 Å². The Labute approximate surface area is 144 Å². The van der Waals surface area contributed by atoms with Gasteiger partial charge in [0.05, 0.1) is 5.69 Å². The fraction of sp³-hybridized carbons (Fsp3) is 0.0714. The normalized spacial score (nSPS) is 15.2. The van der Waals surface area contributed by atoms with E-state index in [4.69, 9.17) is 44.0 Å². The molecule has 0 fully saturated rings. The Morgan fingerprint density at radius 1 is 1.23 bits per heavy atom. The molecule has 4 nitrogen and oxygen atoms in total. The molecular weight excluding hydrogens is 367 g/mol. The minimum Gasteiger partial charge on any atom is -0.439 e. The lowest BCUT2D eigenvalue weighted by Gasteiger charge is -2.00. The molecule has 1 aromatic carbocycles. The Balaban J connectivity index is 1.70. The van der Waals surface area contributed by atoms with E-state index in [2.05, 4.69) is 10.3 Å². The van der Waals surface area contributed by atoms with Gasteiger partial charge in [-0.2, -0.15) is 0 Å². The molecule has 0 aliphatic carbocycles. The van der Waals surface area contributed by atoms with E-state index in [1.54, 1.807) is 6.08 Å². The van der Waals surface area contributed by atoms with Crippen LogP contribution in [0.15, 0.2) is 22.4 Å². The first-order valence-corrected chi connectivity index (χ1v) is 8.17. The first-order valence-electron chi connectivity index (χ1n) is 6.22. The molecule has 0 saturated heterocycles. The summed E-state index contributed by atoms with van der Waals surface area (Å²) in [6, 6.07) is 3.72. The summed E-state index contributed by atoms with van der Waals surface area (Å²) in [5, 5.41) is 4.97. The molecule has 0 radical (unpaired) electrons. The fourth-order valence-corrected chi connectivity index (χ4v) is 3.75. The Bertz CT molecular complexity index is 878. The highest BCUT2D eigenvalue weighted by Crippen LogP contribution is 2.40. The number of hydrogen-bond acceptors (Lipinski definition) is 5. The molecule has 8 heteroatoms. The number of furan rings is 1. The first-order chi connectivity index (χ1) is 10.5. The predicted molar refractivity (Wildman–Crippen MR) is 90.3 cm³/mol. The summed E-state index contributed by atoms with van der Waals surface area (Å²) in [7, 11) is 0. The molecule has 0 spiro atoms. The van der Waals surface area contributed by atoms with Crippen LogP contribution in [0.5, 0.6) is 5.75 Å². The maximum absolute atomic E-state index is 6.11. The largest absolute Gasteiger partial charge is 0.439 e. The van der Waals surface area contributed by atoms with Crippen LogP contribution in [-0.2, 0) is 0 Å². The molecule has 1 N–H and O–H groups in total. The number of aromatic nitrogens is 1. The Kier molecular flexibility index (Phi) is 3.27. The van der Waals surface area contributed by atoms with Crippen LogP contribution >= 0.6 is 46.1 Å². The highest BCUT2D eigenvalue weighted by molar-refractivity contribution is 7.20. The predicted octanol–water partition coefficient (Wildman–Crippen LogP) is 5.96. The quantitative estimate of drug-likeness (QED) is 0.571. The summed E-state index contributed by atoms with van der Waals surface area (Å²) in [6.45, 7) is 1.93. The lowest BCUT2D eigenvalue weighted by atomic mass is 10.2. The number of rotatable bonds is 1. The molecule has 0 amide bonds. The maximum Gasteiger partial charge on any atom is 0.222 e. The summed E-state index contributed by atoms with van der Waals surface area (Å²) in [6.07, 6.45) is 1.78. The van der Waals surface area contributed by atoms with Gasteiger partial charge in [-0.3, -0.25) is 0 Å². The molecule has 3 aromatic rings. The zero-order chi connectivity index (χ0) is 15.4. The number of ether oxygens (including phenoxy) is 1. The molecule has 3 heterocycles. The number of aryl methyl sites for hydroxylation is 1. The average molecular weight is 374 g/mol. The van der Waals surface area contributed by atoms with Gasteiger partial charge in [-0.05, 0) is 47.8 Å². The average Bonchev–Trinajstić information content (AvgIpc) is 3.09. The van der Waals surface area contributed by atoms with Crippen LogP contribution in [0.4, 0.5) is 5.69 Å². The number of nitrogens with zero attached hydrogens (tertiary/aromatic N) is 1. The van der Waals surface area contributed by atoms with Gasteiger partial charge in [0.1, 0.15) is 15.2 Å². The Hall–Kier alpha value is -1.40. The molecule has 0 saturated carbocycles. The summed E-state index contributed by atoms with van der Waals surface area (Å²) in [5.41, 5.74) is 2.33. The van der Waals surface area contributed by atoms with E-state index in [0.717, 1.165) is 17.0 Å². The van der Waals surface area contributed by atoms with E-state index in [1.165, 1.54) is 11.3 Å². The lowest BCUT2D eigenvalue weighted by Crippen LogP contribution is -1.95. The third-order valence-electron chi connectivity index (χ3n) is 3.18. The van der Waals surface area contributed by atoms with Crippen LogP contribution in [0.2, 0.25) is 15.5 Å². The molecular formula is C14H7Cl3N2O2S. The molecule has 0 atom stereocenters. The molecule has 0 unspecified atom stereocenters. The van der Waals surface area contributed by atoms with Gasteiger partial charge < -0.3 is 14.5 Å². The van der Waals surface area contributed by atoms with E-state index in [1.807, 2.05) is 19.1 Å². The molecule has 112 valence electrons. The molecule has 4 rings (SSSR count). The molecule has 1 aliphatic rings. The molecule has 0 bridgehead atoms. The van der Waals surface area contributed by atoms with E-state index in [0.29, 0.717) is 26.1 Å². The SMILES string of the molecule is Cc1cc2c(cc1Cl)N/C(=C/c1nc3c(Cl)oc(Cl)c3s1)O2. The second-order valence-electron chi connectivity index (χ2n) is 4.71. The van der Waals surface area contributed by atoms with Crippen LogP contribution in [0, 0.1) is 6.92 Å². The van der Waals surface area contributed by atoms with Gasteiger partial charge in [0.15, 0.2) is 5.75 Å². The third kappa shape index (κ3) is 2.25. The minimum absolute atomic E-state index is 0.187. The van der Waals surface area contributed by atoms with Gasteiger partial charge in [0, 0.05) is 11.1 Å². The van der Waals surface area contributed by atoms with Crippen LogP contribution < -0.4 is 10.1 Å².